The molecule has 88 valence electrons. The molecular formula is C12H12N2O3. The Morgan fingerprint density at radius 1 is 1.29 bits per heavy atom. The number of H-pyrrole nitrogens is 1. The summed E-state index contributed by atoms with van der Waals surface area (Å²) < 4.78 is 4.94. The van der Waals surface area contributed by atoms with Gasteiger partial charge in [0.15, 0.2) is 5.58 Å². The quantitative estimate of drug-likeness (QED) is 0.807. The van der Waals surface area contributed by atoms with Crippen molar-refractivity contribution < 1.29 is 9.21 Å². The summed E-state index contributed by atoms with van der Waals surface area (Å²) >= 11 is 0. The molecule has 0 bridgehead atoms. The van der Waals surface area contributed by atoms with E-state index < -0.39 is 5.76 Å². The Morgan fingerprint density at radius 2 is 2.06 bits per heavy atom. The zero-order valence-electron chi connectivity index (χ0n) is 9.23. The third-order valence-electron chi connectivity index (χ3n) is 3.06. The van der Waals surface area contributed by atoms with E-state index in [1.54, 1.807) is 18.2 Å². The molecule has 2 aromatic rings. The summed E-state index contributed by atoms with van der Waals surface area (Å²) in [5.41, 5.74) is 1.62. The highest BCUT2D eigenvalue weighted by Gasteiger charge is 2.19. The minimum Gasteiger partial charge on any atom is -0.408 e. The molecule has 1 aromatic carbocycles. The van der Waals surface area contributed by atoms with Crippen LogP contribution in [0.4, 0.5) is 0 Å². The highest BCUT2D eigenvalue weighted by Crippen LogP contribution is 2.16. The van der Waals surface area contributed by atoms with E-state index in [-0.39, 0.29) is 5.91 Å². The summed E-state index contributed by atoms with van der Waals surface area (Å²) in [6, 6.07) is 5.03. The van der Waals surface area contributed by atoms with Crippen LogP contribution < -0.4 is 5.76 Å². The van der Waals surface area contributed by atoms with Gasteiger partial charge in [-0.25, -0.2) is 4.79 Å². The SMILES string of the molecule is O=C(c1ccc2[nH]c(=O)oc2c1)N1CCCC1. The van der Waals surface area contributed by atoms with Gasteiger partial charge in [0.1, 0.15) is 0 Å². The lowest BCUT2D eigenvalue weighted by Crippen LogP contribution is -2.27. The minimum absolute atomic E-state index is 0.00764. The first-order chi connectivity index (χ1) is 8.24. The van der Waals surface area contributed by atoms with Gasteiger partial charge in [0, 0.05) is 18.7 Å². The van der Waals surface area contributed by atoms with Crippen molar-refractivity contribution in [1.29, 1.82) is 0 Å². The average Bonchev–Trinajstić information content (AvgIpc) is 2.94. The van der Waals surface area contributed by atoms with Crippen LogP contribution in [0.5, 0.6) is 0 Å². The zero-order valence-corrected chi connectivity index (χ0v) is 9.23. The van der Waals surface area contributed by atoms with E-state index >= 15 is 0 Å². The predicted molar refractivity (Wildman–Crippen MR) is 62.0 cm³/mol. The number of benzene rings is 1. The first-order valence-corrected chi connectivity index (χ1v) is 5.66. The average molecular weight is 232 g/mol. The van der Waals surface area contributed by atoms with Crippen molar-refractivity contribution in [1.82, 2.24) is 9.88 Å². The third kappa shape index (κ3) is 1.73. The maximum Gasteiger partial charge on any atom is 0.417 e. The van der Waals surface area contributed by atoms with Gasteiger partial charge in [-0.05, 0) is 31.0 Å². The Labute approximate surface area is 97.0 Å². The van der Waals surface area contributed by atoms with Crippen molar-refractivity contribution in [3.8, 4) is 0 Å². The minimum atomic E-state index is -0.495. The molecule has 0 atom stereocenters. The molecule has 1 aliphatic heterocycles. The third-order valence-corrected chi connectivity index (χ3v) is 3.06. The summed E-state index contributed by atoms with van der Waals surface area (Å²) in [6.07, 6.45) is 2.13. The van der Waals surface area contributed by atoms with Crippen molar-refractivity contribution in [3.05, 3.63) is 34.3 Å². The van der Waals surface area contributed by atoms with Crippen LogP contribution in [0.25, 0.3) is 11.1 Å². The maximum absolute atomic E-state index is 12.1. The number of likely N-dealkylation sites (tertiary alicyclic amines) is 1. The number of aromatic amines is 1. The molecule has 5 heteroatoms. The Bertz CT molecular complexity index is 620. The van der Waals surface area contributed by atoms with Crippen LogP contribution in [-0.2, 0) is 0 Å². The number of rotatable bonds is 1. The lowest BCUT2D eigenvalue weighted by atomic mass is 10.2. The van der Waals surface area contributed by atoms with E-state index in [2.05, 4.69) is 4.98 Å². The number of carbonyl (C=O) groups is 1. The molecule has 1 aromatic heterocycles. The molecule has 1 aliphatic rings. The highest BCUT2D eigenvalue weighted by molar-refractivity contribution is 5.97. The molecular weight excluding hydrogens is 220 g/mol. The van der Waals surface area contributed by atoms with Crippen LogP contribution in [0.3, 0.4) is 0 Å². The number of oxazole rings is 1. The Kier molecular flexibility index (Phi) is 2.24. The molecule has 0 spiro atoms. The van der Waals surface area contributed by atoms with Gasteiger partial charge in [-0.15, -0.1) is 0 Å². The highest BCUT2D eigenvalue weighted by atomic mass is 16.4. The predicted octanol–water partition coefficient (Wildman–Crippen LogP) is 1.36. The molecule has 3 rings (SSSR count). The summed E-state index contributed by atoms with van der Waals surface area (Å²) in [7, 11) is 0. The van der Waals surface area contributed by atoms with Crippen molar-refractivity contribution in [3.63, 3.8) is 0 Å². The van der Waals surface area contributed by atoms with E-state index in [1.165, 1.54) is 0 Å². The standard InChI is InChI=1S/C12H12N2O3/c15-11(14-5-1-2-6-14)8-3-4-9-10(7-8)17-12(16)13-9/h3-4,7H,1-2,5-6H2,(H,13,16). The summed E-state index contributed by atoms with van der Waals surface area (Å²) in [5, 5.41) is 0. The van der Waals surface area contributed by atoms with E-state index in [1.807, 2.05) is 4.90 Å². The second kappa shape index (κ2) is 3.76. The lowest BCUT2D eigenvalue weighted by Gasteiger charge is -2.14. The second-order valence-corrected chi connectivity index (χ2v) is 4.22. The Morgan fingerprint density at radius 3 is 2.82 bits per heavy atom. The molecule has 0 saturated carbocycles. The van der Waals surface area contributed by atoms with Gasteiger partial charge < -0.3 is 9.32 Å². The van der Waals surface area contributed by atoms with Crippen LogP contribution in [0.1, 0.15) is 23.2 Å². The molecule has 2 heterocycles. The number of hydrogen-bond donors (Lipinski definition) is 1. The van der Waals surface area contributed by atoms with Crippen LogP contribution >= 0.6 is 0 Å². The largest absolute Gasteiger partial charge is 0.417 e. The molecule has 1 saturated heterocycles. The summed E-state index contributed by atoms with van der Waals surface area (Å²) in [5.74, 6) is -0.487. The van der Waals surface area contributed by atoms with E-state index in [0.29, 0.717) is 16.7 Å². The number of amides is 1. The molecule has 1 amide bonds. The van der Waals surface area contributed by atoms with Crippen LogP contribution in [0.15, 0.2) is 27.4 Å². The van der Waals surface area contributed by atoms with Gasteiger partial charge in [0.25, 0.3) is 5.91 Å². The topological polar surface area (TPSA) is 66.3 Å². The van der Waals surface area contributed by atoms with Crippen LogP contribution in [0, 0.1) is 0 Å². The fraction of sp³-hybridized carbons (Fsp3) is 0.333. The Hall–Kier alpha value is -2.04. The molecule has 1 fully saturated rings. The van der Waals surface area contributed by atoms with Crippen LogP contribution in [-0.4, -0.2) is 28.9 Å². The maximum atomic E-state index is 12.1. The number of nitrogens with zero attached hydrogens (tertiary/aromatic N) is 1. The molecule has 17 heavy (non-hydrogen) atoms. The lowest BCUT2D eigenvalue weighted by molar-refractivity contribution is 0.0793. The molecule has 0 radical (unpaired) electrons. The van der Waals surface area contributed by atoms with E-state index in [9.17, 15) is 9.59 Å². The van der Waals surface area contributed by atoms with Gasteiger partial charge in [-0.3, -0.25) is 9.78 Å². The fourth-order valence-electron chi connectivity index (χ4n) is 2.18. The van der Waals surface area contributed by atoms with Gasteiger partial charge in [0.2, 0.25) is 0 Å². The number of hydrogen-bond acceptors (Lipinski definition) is 3. The van der Waals surface area contributed by atoms with E-state index in [4.69, 9.17) is 4.42 Å². The van der Waals surface area contributed by atoms with Crippen molar-refractivity contribution in [2.75, 3.05) is 13.1 Å². The molecule has 0 aliphatic carbocycles. The van der Waals surface area contributed by atoms with Crippen LogP contribution in [0.2, 0.25) is 0 Å². The fourth-order valence-corrected chi connectivity index (χ4v) is 2.18. The van der Waals surface area contributed by atoms with Crippen molar-refractivity contribution >= 4 is 17.0 Å². The van der Waals surface area contributed by atoms with Gasteiger partial charge >= 0.3 is 5.76 Å². The number of carbonyl (C=O) groups excluding carboxylic acids is 1. The molecule has 5 nitrogen and oxygen atoms in total. The van der Waals surface area contributed by atoms with Crippen molar-refractivity contribution in [2.45, 2.75) is 12.8 Å². The van der Waals surface area contributed by atoms with Crippen molar-refractivity contribution in [2.24, 2.45) is 0 Å². The zero-order chi connectivity index (χ0) is 11.8. The summed E-state index contributed by atoms with van der Waals surface area (Å²) in [4.78, 5) is 27.5. The van der Waals surface area contributed by atoms with Gasteiger partial charge in [-0.2, -0.15) is 0 Å². The first kappa shape index (κ1) is 10.1. The number of nitrogens with one attached hydrogen (secondary N) is 1. The molecule has 1 N–H and O–H groups in total. The summed E-state index contributed by atoms with van der Waals surface area (Å²) in [6.45, 7) is 1.63. The monoisotopic (exact) mass is 232 g/mol. The normalized spacial score (nSPS) is 15.6. The van der Waals surface area contributed by atoms with Gasteiger partial charge in [-0.1, -0.05) is 0 Å². The number of aromatic nitrogens is 1. The van der Waals surface area contributed by atoms with E-state index in [0.717, 1.165) is 25.9 Å². The first-order valence-electron chi connectivity index (χ1n) is 5.66. The second-order valence-electron chi connectivity index (χ2n) is 4.22. The number of fused-ring (bicyclic) bond motifs is 1. The molecule has 0 unspecified atom stereocenters. The smallest absolute Gasteiger partial charge is 0.408 e. The Balaban J connectivity index is 1.99. The van der Waals surface area contributed by atoms with Gasteiger partial charge in [0.05, 0.1) is 5.52 Å².